The Morgan fingerprint density at radius 2 is 1.89 bits per heavy atom. The Morgan fingerprint density at radius 3 is 2.67 bits per heavy atom. The summed E-state index contributed by atoms with van der Waals surface area (Å²) in [7, 11) is 0. The van der Waals surface area contributed by atoms with E-state index in [1.807, 2.05) is 37.3 Å². The summed E-state index contributed by atoms with van der Waals surface area (Å²) in [5, 5.41) is 17.8. The van der Waals surface area contributed by atoms with Crippen LogP contribution in [-0.2, 0) is 6.54 Å². The van der Waals surface area contributed by atoms with Crippen molar-refractivity contribution >= 4 is 41.2 Å². The fourth-order valence-corrected chi connectivity index (χ4v) is 2.84. The summed E-state index contributed by atoms with van der Waals surface area (Å²) in [5.74, 6) is 0.919. The van der Waals surface area contributed by atoms with Crippen LogP contribution in [0.4, 0.5) is 11.8 Å². The lowest BCUT2D eigenvalue weighted by atomic mass is 10.2. The highest BCUT2D eigenvalue weighted by Gasteiger charge is 2.06. The van der Waals surface area contributed by atoms with Gasteiger partial charge in [0.1, 0.15) is 5.75 Å². The minimum atomic E-state index is -0.0873. The maximum Gasteiger partial charge on any atom is 0.225 e. The quantitative estimate of drug-likeness (QED) is 0.405. The van der Waals surface area contributed by atoms with Crippen LogP contribution >= 0.6 is 23.2 Å². The highest BCUT2D eigenvalue weighted by molar-refractivity contribution is 6.36. The minimum absolute atomic E-state index is 0.0873. The second kappa shape index (κ2) is 8.70. The molecule has 0 bridgehead atoms. The summed E-state index contributed by atoms with van der Waals surface area (Å²) < 4.78 is 0. The average Bonchev–Trinajstić information content (AvgIpc) is 2.64. The van der Waals surface area contributed by atoms with Gasteiger partial charge in [0.05, 0.1) is 11.2 Å². The number of hydrogen-bond acceptors (Lipinski definition) is 6. The number of aryl methyl sites for hydroxylation is 1. The van der Waals surface area contributed by atoms with Crippen LogP contribution in [-0.4, -0.2) is 21.3 Å². The van der Waals surface area contributed by atoms with E-state index >= 15 is 0 Å². The summed E-state index contributed by atoms with van der Waals surface area (Å²) in [6.45, 7) is 2.48. The Hall–Kier alpha value is -2.83. The molecule has 0 aliphatic carbocycles. The maximum absolute atomic E-state index is 9.94. The zero-order valence-corrected chi connectivity index (χ0v) is 16.0. The van der Waals surface area contributed by atoms with E-state index < -0.39 is 0 Å². The molecule has 0 saturated heterocycles. The van der Waals surface area contributed by atoms with Crippen LogP contribution in [0.1, 0.15) is 16.8 Å². The highest BCUT2D eigenvalue weighted by atomic mass is 35.5. The second-order valence-electron chi connectivity index (χ2n) is 5.75. The molecule has 3 rings (SSSR count). The van der Waals surface area contributed by atoms with Gasteiger partial charge in [-0.3, -0.25) is 5.43 Å². The number of nitrogens with one attached hydrogen (secondary N) is 2. The van der Waals surface area contributed by atoms with Gasteiger partial charge in [0.15, 0.2) is 5.82 Å². The van der Waals surface area contributed by atoms with Crippen molar-refractivity contribution < 1.29 is 5.11 Å². The fourth-order valence-electron chi connectivity index (χ4n) is 2.33. The Balaban J connectivity index is 1.69. The van der Waals surface area contributed by atoms with E-state index in [-0.39, 0.29) is 10.8 Å². The molecule has 8 heteroatoms. The molecule has 0 fully saturated rings. The van der Waals surface area contributed by atoms with Crippen molar-refractivity contribution in [2.75, 3.05) is 10.7 Å². The van der Waals surface area contributed by atoms with Crippen molar-refractivity contribution in [3.8, 4) is 5.75 Å². The Bertz CT molecular complexity index is 964. The molecule has 0 aliphatic rings. The van der Waals surface area contributed by atoms with Crippen molar-refractivity contribution in [3.05, 3.63) is 75.4 Å². The van der Waals surface area contributed by atoms with Gasteiger partial charge in [-0.2, -0.15) is 10.1 Å². The number of hydrogen-bond donors (Lipinski definition) is 3. The molecule has 138 valence electrons. The largest absolute Gasteiger partial charge is 0.506 e. The van der Waals surface area contributed by atoms with Crippen molar-refractivity contribution in [1.82, 2.24) is 9.97 Å². The van der Waals surface area contributed by atoms with Crippen LogP contribution in [0.5, 0.6) is 5.75 Å². The number of benzene rings is 2. The lowest BCUT2D eigenvalue weighted by Gasteiger charge is -2.08. The molecular weight excluding hydrogens is 385 g/mol. The second-order valence-corrected chi connectivity index (χ2v) is 6.60. The number of halogens is 2. The van der Waals surface area contributed by atoms with Gasteiger partial charge in [0.25, 0.3) is 0 Å². The van der Waals surface area contributed by atoms with Gasteiger partial charge < -0.3 is 10.4 Å². The first-order chi connectivity index (χ1) is 13.0. The number of aromatic hydroxyl groups is 1. The molecule has 1 heterocycles. The molecule has 3 N–H and O–H groups in total. The van der Waals surface area contributed by atoms with E-state index in [1.54, 1.807) is 12.1 Å². The molecule has 2 aromatic carbocycles. The van der Waals surface area contributed by atoms with Crippen LogP contribution in [0.2, 0.25) is 10.0 Å². The van der Waals surface area contributed by atoms with Crippen LogP contribution in [0.3, 0.4) is 0 Å². The van der Waals surface area contributed by atoms with Gasteiger partial charge in [0.2, 0.25) is 5.95 Å². The van der Waals surface area contributed by atoms with Gasteiger partial charge in [-0.15, -0.1) is 0 Å². The predicted molar refractivity (Wildman–Crippen MR) is 110 cm³/mol. The number of phenolic OH excluding ortho intramolecular Hbond substituents is 1. The van der Waals surface area contributed by atoms with E-state index in [9.17, 15) is 5.11 Å². The Morgan fingerprint density at radius 1 is 1.11 bits per heavy atom. The van der Waals surface area contributed by atoms with Gasteiger partial charge in [-0.05, 0) is 24.6 Å². The van der Waals surface area contributed by atoms with Crippen molar-refractivity contribution in [2.24, 2.45) is 5.10 Å². The molecule has 3 aromatic rings. The molecule has 1 aromatic heterocycles. The molecule has 0 aliphatic heterocycles. The van der Waals surface area contributed by atoms with Crippen LogP contribution in [0.15, 0.2) is 53.6 Å². The first kappa shape index (κ1) is 18.9. The van der Waals surface area contributed by atoms with E-state index in [0.29, 0.717) is 28.9 Å². The van der Waals surface area contributed by atoms with E-state index in [2.05, 4.69) is 25.8 Å². The van der Waals surface area contributed by atoms with Gasteiger partial charge in [0, 0.05) is 28.9 Å². The van der Waals surface area contributed by atoms with E-state index in [4.69, 9.17) is 23.2 Å². The van der Waals surface area contributed by atoms with Crippen LogP contribution in [0.25, 0.3) is 0 Å². The van der Waals surface area contributed by atoms with Crippen LogP contribution < -0.4 is 10.7 Å². The fraction of sp³-hybridized carbons (Fsp3) is 0.105. The Kier molecular flexibility index (Phi) is 6.11. The van der Waals surface area contributed by atoms with Crippen molar-refractivity contribution in [2.45, 2.75) is 13.5 Å². The minimum Gasteiger partial charge on any atom is -0.506 e. The summed E-state index contributed by atoms with van der Waals surface area (Å²) in [6.07, 6.45) is 1.42. The first-order valence-corrected chi connectivity index (χ1v) is 8.87. The Labute approximate surface area is 166 Å². The zero-order chi connectivity index (χ0) is 19.2. The van der Waals surface area contributed by atoms with Gasteiger partial charge in [-0.1, -0.05) is 53.5 Å². The molecule has 0 saturated carbocycles. The van der Waals surface area contributed by atoms with Gasteiger partial charge >= 0.3 is 0 Å². The topological polar surface area (TPSA) is 82.4 Å². The number of anilines is 2. The molecule has 0 spiro atoms. The normalized spacial score (nSPS) is 10.9. The van der Waals surface area contributed by atoms with Gasteiger partial charge in [-0.25, -0.2) is 4.98 Å². The number of nitrogens with zero attached hydrogens (tertiary/aromatic N) is 3. The molecule has 27 heavy (non-hydrogen) atoms. The number of hydrazone groups is 1. The average molecular weight is 402 g/mol. The first-order valence-electron chi connectivity index (χ1n) is 8.12. The zero-order valence-electron chi connectivity index (χ0n) is 14.4. The molecule has 0 atom stereocenters. The number of rotatable bonds is 6. The number of aromatic nitrogens is 2. The third-order valence-corrected chi connectivity index (χ3v) is 4.09. The predicted octanol–water partition coefficient (Wildman–Crippen LogP) is 4.86. The van der Waals surface area contributed by atoms with Crippen LogP contribution in [0, 0.1) is 6.92 Å². The lowest BCUT2D eigenvalue weighted by Crippen LogP contribution is -2.06. The maximum atomic E-state index is 9.94. The standard InChI is InChI=1S/C19H17Cl2N5O/c1-12-7-17(25-19(24-12)22-10-13-5-3-2-4-6-13)26-23-11-14-8-15(20)9-16(21)18(14)27/h2-9,11,27H,10H2,1H3,(H2,22,24,25,26)/b23-11+. The summed E-state index contributed by atoms with van der Waals surface area (Å²) in [5.41, 5.74) is 5.13. The highest BCUT2D eigenvalue weighted by Crippen LogP contribution is 2.30. The summed E-state index contributed by atoms with van der Waals surface area (Å²) in [6, 6.07) is 14.8. The van der Waals surface area contributed by atoms with Crippen molar-refractivity contribution in [1.29, 1.82) is 0 Å². The molecule has 0 unspecified atom stereocenters. The lowest BCUT2D eigenvalue weighted by molar-refractivity contribution is 0.475. The summed E-state index contributed by atoms with van der Waals surface area (Å²) >= 11 is 11.8. The molecule has 0 amide bonds. The van der Waals surface area contributed by atoms with Crippen molar-refractivity contribution in [3.63, 3.8) is 0 Å². The van der Waals surface area contributed by atoms with E-state index in [1.165, 1.54) is 12.3 Å². The third-order valence-electron chi connectivity index (χ3n) is 3.59. The SMILES string of the molecule is Cc1cc(N/N=C/c2cc(Cl)cc(Cl)c2O)nc(NCc2ccccc2)n1. The third kappa shape index (κ3) is 5.32. The molecular formula is C19H17Cl2N5O. The monoisotopic (exact) mass is 401 g/mol. The molecule has 0 radical (unpaired) electrons. The molecule has 6 nitrogen and oxygen atoms in total. The summed E-state index contributed by atoms with van der Waals surface area (Å²) in [4.78, 5) is 8.74. The number of phenols is 1. The smallest absolute Gasteiger partial charge is 0.225 e. The van der Waals surface area contributed by atoms with E-state index in [0.717, 1.165) is 11.3 Å².